The van der Waals surface area contributed by atoms with E-state index in [-0.39, 0.29) is 5.54 Å². The van der Waals surface area contributed by atoms with E-state index in [1.807, 2.05) is 0 Å². The molecule has 3 N–H and O–H groups in total. The quantitative estimate of drug-likeness (QED) is 0.508. The number of hydrazine groups is 2. The maximum Gasteiger partial charge on any atom is 0.0970 e. The molecule has 2 rings (SSSR count). The Balaban J connectivity index is 1.99. The number of nitrogens with one attached hydrogen (secondary N) is 3. The van der Waals surface area contributed by atoms with E-state index in [0.717, 1.165) is 5.92 Å². The van der Waals surface area contributed by atoms with Crippen LogP contribution in [0.15, 0.2) is 0 Å². The fraction of sp³-hybridized carbons (Fsp3) is 1.00. The zero-order valence-electron chi connectivity index (χ0n) is 9.48. The van der Waals surface area contributed by atoms with Gasteiger partial charge in [0.15, 0.2) is 0 Å². The third-order valence-corrected chi connectivity index (χ3v) is 5.19. The van der Waals surface area contributed by atoms with Crippen molar-refractivity contribution in [2.45, 2.75) is 62.4 Å². The predicted octanol–water partition coefficient (Wildman–Crippen LogP) is 2.44. The van der Waals surface area contributed by atoms with Crippen LogP contribution in [0.3, 0.4) is 0 Å². The van der Waals surface area contributed by atoms with Gasteiger partial charge < -0.3 is 0 Å². The molecule has 0 aromatic carbocycles. The van der Waals surface area contributed by atoms with Crippen LogP contribution >= 0.6 is 15.9 Å². The van der Waals surface area contributed by atoms with Crippen molar-refractivity contribution in [2.24, 2.45) is 5.92 Å². The lowest BCUT2D eigenvalue weighted by molar-refractivity contribution is 0.211. The van der Waals surface area contributed by atoms with Crippen LogP contribution in [-0.2, 0) is 0 Å². The highest BCUT2D eigenvalue weighted by Crippen LogP contribution is 2.35. The number of hydrogen-bond donors (Lipinski definition) is 3. The standard InChI is InChI=1S/C11H22BrN3/c1-11(10(12)13-15-14-11)9-7-5-3-2-4-6-8-9/h9-10,13-15H,2-8H2,1H3. The molecule has 3 nitrogen and oxygen atoms in total. The Hall–Kier alpha value is 0.360. The molecule has 15 heavy (non-hydrogen) atoms. The van der Waals surface area contributed by atoms with Crippen LogP contribution in [0, 0.1) is 5.92 Å². The van der Waals surface area contributed by atoms with Gasteiger partial charge in [0.1, 0.15) is 0 Å². The number of hydrogen-bond acceptors (Lipinski definition) is 3. The lowest BCUT2D eigenvalue weighted by atomic mass is 9.78. The Morgan fingerprint density at radius 3 is 2.20 bits per heavy atom. The second-order valence-electron chi connectivity index (χ2n) is 5.08. The second-order valence-corrected chi connectivity index (χ2v) is 6.00. The van der Waals surface area contributed by atoms with Crippen molar-refractivity contribution in [3.05, 3.63) is 0 Å². The SMILES string of the molecule is CC1(C2CCCCCCC2)NNNC1Br. The summed E-state index contributed by atoms with van der Waals surface area (Å²) in [6.07, 6.45) is 9.76. The van der Waals surface area contributed by atoms with E-state index in [1.54, 1.807) is 0 Å². The molecule has 0 amide bonds. The highest BCUT2D eigenvalue weighted by atomic mass is 79.9. The number of halogens is 1. The summed E-state index contributed by atoms with van der Waals surface area (Å²) in [6, 6.07) is 0. The van der Waals surface area contributed by atoms with Crippen LogP contribution in [0.1, 0.15) is 51.9 Å². The zero-order chi connectivity index (χ0) is 10.7. The Morgan fingerprint density at radius 1 is 1.07 bits per heavy atom. The van der Waals surface area contributed by atoms with Crippen molar-refractivity contribution < 1.29 is 0 Å². The Kier molecular flexibility index (Phi) is 4.04. The van der Waals surface area contributed by atoms with Gasteiger partial charge in [-0.25, -0.2) is 10.9 Å². The van der Waals surface area contributed by atoms with E-state index >= 15 is 0 Å². The molecule has 0 aromatic heterocycles. The van der Waals surface area contributed by atoms with E-state index < -0.39 is 0 Å². The summed E-state index contributed by atoms with van der Waals surface area (Å²) in [5.41, 5.74) is 9.79. The molecule has 0 bridgehead atoms. The first-order chi connectivity index (χ1) is 7.23. The fourth-order valence-electron chi connectivity index (χ4n) is 2.81. The maximum atomic E-state index is 3.71. The molecule has 0 aromatic rings. The average molecular weight is 276 g/mol. The molecule has 1 heterocycles. The Bertz CT molecular complexity index is 204. The molecule has 2 aliphatic rings. The smallest absolute Gasteiger partial charge is 0.0970 e. The molecule has 1 saturated heterocycles. The highest BCUT2D eigenvalue weighted by molar-refractivity contribution is 9.09. The summed E-state index contributed by atoms with van der Waals surface area (Å²) in [4.78, 5) is 0.328. The summed E-state index contributed by atoms with van der Waals surface area (Å²) >= 11 is 3.71. The van der Waals surface area contributed by atoms with Gasteiger partial charge in [0.2, 0.25) is 0 Å². The number of alkyl halides is 1. The predicted molar refractivity (Wildman–Crippen MR) is 66.3 cm³/mol. The Morgan fingerprint density at radius 2 is 1.67 bits per heavy atom. The van der Waals surface area contributed by atoms with Crippen molar-refractivity contribution in [1.82, 2.24) is 16.4 Å². The lowest BCUT2D eigenvalue weighted by Gasteiger charge is -2.36. The van der Waals surface area contributed by atoms with E-state index in [9.17, 15) is 0 Å². The topological polar surface area (TPSA) is 36.1 Å². The van der Waals surface area contributed by atoms with Gasteiger partial charge in [0, 0.05) is 0 Å². The van der Waals surface area contributed by atoms with Gasteiger partial charge in [-0.1, -0.05) is 48.0 Å². The number of rotatable bonds is 1. The normalized spacial score (nSPS) is 40.0. The highest BCUT2D eigenvalue weighted by Gasteiger charge is 2.43. The molecule has 2 fully saturated rings. The molecule has 1 aliphatic heterocycles. The van der Waals surface area contributed by atoms with E-state index in [1.165, 1.54) is 44.9 Å². The maximum absolute atomic E-state index is 3.71. The molecule has 4 heteroatoms. The van der Waals surface area contributed by atoms with Crippen LogP contribution in [0.25, 0.3) is 0 Å². The van der Waals surface area contributed by atoms with Gasteiger partial charge in [-0.3, -0.25) is 0 Å². The van der Waals surface area contributed by atoms with Gasteiger partial charge in [0.25, 0.3) is 0 Å². The third kappa shape index (κ3) is 2.54. The molecule has 1 saturated carbocycles. The first-order valence-corrected chi connectivity index (χ1v) is 7.07. The zero-order valence-corrected chi connectivity index (χ0v) is 11.1. The summed E-state index contributed by atoms with van der Waals surface area (Å²) < 4.78 is 0. The van der Waals surface area contributed by atoms with Gasteiger partial charge >= 0.3 is 0 Å². The van der Waals surface area contributed by atoms with Crippen molar-refractivity contribution in [1.29, 1.82) is 0 Å². The first-order valence-electron chi connectivity index (χ1n) is 6.15. The molecule has 0 radical (unpaired) electrons. The molecule has 2 unspecified atom stereocenters. The molecule has 2 atom stereocenters. The van der Waals surface area contributed by atoms with Crippen molar-refractivity contribution in [3.8, 4) is 0 Å². The fourth-order valence-corrected chi connectivity index (χ4v) is 3.41. The van der Waals surface area contributed by atoms with Gasteiger partial charge in [-0.2, -0.15) is 5.53 Å². The Labute approximate surface area is 101 Å². The summed E-state index contributed by atoms with van der Waals surface area (Å²) in [6.45, 7) is 2.31. The largest absolute Gasteiger partial charge is 0.236 e. The van der Waals surface area contributed by atoms with Crippen molar-refractivity contribution in [2.75, 3.05) is 0 Å². The van der Waals surface area contributed by atoms with Crippen LogP contribution in [0.2, 0.25) is 0 Å². The van der Waals surface area contributed by atoms with E-state index in [0.29, 0.717) is 4.95 Å². The van der Waals surface area contributed by atoms with Crippen LogP contribution in [0.4, 0.5) is 0 Å². The summed E-state index contributed by atoms with van der Waals surface area (Å²) in [5.74, 6) is 0.768. The molecular formula is C11H22BrN3. The molecule has 88 valence electrons. The molecule has 0 spiro atoms. The monoisotopic (exact) mass is 275 g/mol. The van der Waals surface area contributed by atoms with Gasteiger partial charge in [0.05, 0.1) is 10.5 Å². The molecular weight excluding hydrogens is 254 g/mol. The lowest BCUT2D eigenvalue weighted by Crippen LogP contribution is -2.51. The minimum atomic E-state index is 0.150. The minimum absolute atomic E-state index is 0.150. The minimum Gasteiger partial charge on any atom is -0.236 e. The first kappa shape index (κ1) is 11.8. The summed E-state index contributed by atoms with van der Waals surface area (Å²) in [7, 11) is 0. The van der Waals surface area contributed by atoms with E-state index in [4.69, 9.17) is 0 Å². The van der Waals surface area contributed by atoms with Gasteiger partial charge in [-0.15, -0.1) is 0 Å². The summed E-state index contributed by atoms with van der Waals surface area (Å²) in [5, 5.41) is 0. The van der Waals surface area contributed by atoms with E-state index in [2.05, 4.69) is 39.2 Å². The van der Waals surface area contributed by atoms with Crippen LogP contribution in [-0.4, -0.2) is 10.5 Å². The van der Waals surface area contributed by atoms with Gasteiger partial charge in [-0.05, 0) is 25.7 Å². The van der Waals surface area contributed by atoms with Crippen molar-refractivity contribution in [3.63, 3.8) is 0 Å². The van der Waals surface area contributed by atoms with Crippen LogP contribution < -0.4 is 16.4 Å². The third-order valence-electron chi connectivity index (χ3n) is 4.01. The van der Waals surface area contributed by atoms with Crippen molar-refractivity contribution >= 4 is 15.9 Å². The molecule has 1 aliphatic carbocycles. The average Bonchev–Trinajstić information content (AvgIpc) is 2.47. The second kappa shape index (κ2) is 5.13. The van der Waals surface area contributed by atoms with Crippen LogP contribution in [0.5, 0.6) is 0 Å².